The molecule has 2 nitrogen and oxygen atoms in total. The number of nitrogens with zero attached hydrogens (tertiary/aromatic N) is 2. The Morgan fingerprint density at radius 1 is 0.933 bits per heavy atom. The van der Waals surface area contributed by atoms with Crippen molar-refractivity contribution in [1.29, 1.82) is 0 Å². The Morgan fingerprint density at radius 2 is 1.69 bits per heavy atom. The van der Waals surface area contributed by atoms with Crippen LogP contribution in [-0.2, 0) is 26.5 Å². The predicted molar refractivity (Wildman–Crippen MR) is 190 cm³/mol. The van der Waals surface area contributed by atoms with E-state index in [4.69, 9.17) is 5.48 Å². The third kappa shape index (κ3) is 8.04. The van der Waals surface area contributed by atoms with E-state index in [9.17, 15) is 4.39 Å². The molecule has 0 atom stereocenters. The first-order valence-corrected chi connectivity index (χ1v) is 19.3. The van der Waals surface area contributed by atoms with Crippen LogP contribution in [0.25, 0.3) is 42.7 Å². The van der Waals surface area contributed by atoms with Crippen LogP contribution >= 0.6 is 11.3 Å². The van der Waals surface area contributed by atoms with Crippen molar-refractivity contribution in [3.63, 3.8) is 0 Å². The van der Waals surface area contributed by atoms with E-state index in [1.54, 1.807) is 17.5 Å². The quantitative estimate of drug-likeness (QED) is 0.124. The molecule has 3 aromatic heterocycles. The maximum atomic E-state index is 14.5. The molecular formula is C39H41FIrN2SSi-2. The topological polar surface area (TPSA) is 25.8 Å². The van der Waals surface area contributed by atoms with Crippen molar-refractivity contribution >= 4 is 44.8 Å². The van der Waals surface area contributed by atoms with Gasteiger partial charge in [0.25, 0.3) is 0 Å². The molecule has 0 N–H and O–H groups in total. The summed E-state index contributed by atoms with van der Waals surface area (Å²) in [4.78, 5) is 8.99. The van der Waals surface area contributed by atoms with Gasteiger partial charge in [0.05, 0.1) is 8.07 Å². The van der Waals surface area contributed by atoms with Gasteiger partial charge in [-0.1, -0.05) is 107 Å². The third-order valence-corrected chi connectivity index (χ3v) is 10.8. The third-order valence-electron chi connectivity index (χ3n) is 7.51. The summed E-state index contributed by atoms with van der Waals surface area (Å²) in [7, 11) is -1.56. The van der Waals surface area contributed by atoms with Gasteiger partial charge in [0, 0.05) is 48.5 Å². The maximum absolute atomic E-state index is 14.5. The van der Waals surface area contributed by atoms with E-state index < -0.39 is 26.6 Å². The van der Waals surface area contributed by atoms with Crippen LogP contribution in [0.3, 0.4) is 0 Å². The van der Waals surface area contributed by atoms with E-state index in [1.165, 1.54) is 37.0 Å². The molecule has 0 aliphatic heterocycles. The first-order valence-electron chi connectivity index (χ1n) is 16.9. The van der Waals surface area contributed by atoms with Gasteiger partial charge in [-0.3, -0.25) is 4.39 Å². The molecule has 0 aliphatic carbocycles. The van der Waals surface area contributed by atoms with E-state index >= 15 is 0 Å². The number of benzene rings is 3. The normalized spacial score (nSPS) is 13.4. The van der Waals surface area contributed by atoms with Crippen molar-refractivity contribution in [2.45, 2.75) is 66.5 Å². The summed E-state index contributed by atoms with van der Waals surface area (Å²) in [6.07, 6.45) is 4.56. The minimum Gasteiger partial charge on any atom is -0.305 e. The number of hydrogen-bond donors (Lipinski definition) is 0. The fourth-order valence-electron chi connectivity index (χ4n) is 5.34. The van der Waals surface area contributed by atoms with Crippen LogP contribution < -0.4 is 5.19 Å². The van der Waals surface area contributed by atoms with Crippen LogP contribution in [0.15, 0.2) is 79.1 Å². The number of fused-ring (bicyclic) bond motifs is 3. The summed E-state index contributed by atoms with van der Waals surface area (Å²) in [6.45, 7) is 12.6. The van der Waals surface area contributed by atoms with Gasteiger partial charge >= 0.3 is 0 Å². The fourth-order valence-corrected chi connectivity index (χ4v) is 8.14. The zero-order valence-electron chi connectivity index (χ0n) is 30.8. The van der Waals surface area contributed by atoms with Crippen LogP contribution in [0.1, 0.15) is 55.8 Å². The Labute approximate surface area is 292 Å². The number of aryl methyl sites for hydroxylation is 1. The largest absolute Gasteiger partial charge is 0.305 e. The maximum Gasteiger partial charge on any atom is 0.0798 e. The summed E-state index contributed by atoms with van der Waals surface area (Å²) in [6, 6.07) is 27.0. The van der Waals surface area contributed by atoms with Crippen LogP contribution in [0.5, 0.6) is 0 Å². The van der Waals surface area contributed by atoms with Crippen molar-refractivity contribution in [2.24, 2.45) is 5.92 Å². The Kier molecular flexibility index (Phi) is 9.53. The van der Waals surface area contributed by atoms with Gasteiger partial charge in [0.15, 0.2) is 0 Å². The van der Waals surface area contributed by atoms with Crippen LogP contribution in [0, 0.1) is 30.7 Å². The molecular weight excluding hydrogens is 768 g/mol. The molecule has 0 spiro atoms. The minimum absolute atomic E-state index is 0. The predicted octanol–water partition coefficient (Wildman–Crippen LogP) is 10.8. The standard InChI is InChI=1S/C20H16NS.C19H25FNSi.Ir/c1-13(2)14-10-11-21-18(12-14)17-8-5-7-16-15-6-3-4-9-19(15)22-20(16)17;1-13(2)9-15-11-18(21-12-19(15)22(4,5)6)16-8-7-14(3)10-17(16)20;/h3-7,9-13H,1-2H3;7,10-13H,9H2,1-6H3;/q2*-1;/i13D;3D3;. The van der Waals surface area contributed by atoms with Gasteiger partial charge in [-0.05, 0) is 57.0 Å². The molecule has 0 saturated carbocycles. The van der Waals surface area contributed by atoms with E-state index in [1.807, 2.05) is 44.3 Å². The smallest absolute Gasteiger partial charge is 0.0798 e. The number of halogens is 1. The monoisotopic (exact) mass is 813 g/mol. The fraction of sp³-hybridized carbons (Fsp3) is 0.282. The molecule has 0 aliphatic rings. The molecule has 3 aromatic carbocycles. The summed E-state index contributed by atoms with van der Waals surface area (Å²) >= 11 is 1.78. The van der Waals surface area contributed by atoms with Crippen LogP contribution in [0.2, 0.25) is 19.6 Å². The van der Waals surface area contributed by atoms with Crippen LogP contribution in [-0.4, -0.2) is 18.0 Å². The van der Waals surface area contributed by atoms with Gasteiger partial charge in [-0.15, -0.1) is 47.5 Å². The number of hydrogen-bond acceptors (Lipinski definition) is 3. The number of pyridine rings is 2. The molecule has 6 heteroatoms. The van der Waals surface area contributed by atoms with E-state index in [-0.39, 0.29) is 31.2 Å². The molecule has 6 aromatic rings. The summed E-state index contributed by atoms with van der Waals surface area (Å²) in [5.74, 6) is -0.749. The van der Waals surface area contributed by atoms with Crippen molar-refractivity contribution in [1.82, 2.24) is 9.97 Å². The van der Waals surface area contributed by atoms with Crippen LogP contribution in [0.4, 0.5) is 4.39 Å². The molecule has 45 heavy (non-hydrogen) atoms. The van der Waals surface area contributed by atoms with Crippen molar-refractivity contribution in [3.8, 4) is 22.5 Å². The summed E-state index contributed by atoms with van der Waals surface area (Å²) in [5.41, 5.74) is 4.76. The Balaban J connectivity index is 0.000000217. The zero-order chi connectivity index (χ0) is 35.0. The van der Waals surface area contributed by atoms with Crippen molar-refractivity contribution in [3.05, 3.63) is 114 Å². The van der Waals surface area contributed by atoms with E-state index in [0.29, 0.717) is 11.6 Å². The molecule has 0 saturated heterocycles. The second-order valence-corrected chi connectivity index (χ2v) is 18.9. The number of aromatic nitrogens is 2. The van der Waals surface area contributed by atoms with Gasteiger partial charge in [0.1, 0.15) is 0 Å². The molecule has 0 amide bonds. The first-order chi connectivity index (χ1) is 22.4. The molecule has 0 fully saturated rings. The Morgan fingerprint density at radius 3 is 2.38 bits per heavy atom. The Hall–Kier alpha value is -3.02. The number of rotatable bonds is 6. The molecule has 6 rings (SSSR count). The second kappa shape index (κ2) is 14.6. The van der Waals surface area contributed by atoms with E-state index in [2.05, 4.69) is 85.9 Å². The minimum atomic E-state index is -2.34. The second-order valence-electron chi connectivity index (χ2n) is 12.8. The van der Waals surface area contributed by atoms with Gasteiger partial charge in [0.2, 0.25) is 0 Å². The SMILES string of the molecule is [2H]C(C)(C)c1ccnc(-c2[c-]ccc3c2sc2ccccc23)c1.[2H]C([2H])([2H])c1c[c-]c(-c2cc(CC(C)C)c([Si](C)(C)C)cn2)c(F)c1.[Ir]. The van der Waals surface area contributed by atoms with Gasteiger partial charge in [-0.25, -0.2) is 0 Å². The molecule has 235 valence electrons. The molecule has 3 heterocycles. The van der Waals surface area contributed by atoms with E-state index in [0.717, 1.165) is 29.3 Å². The zero-order valence-corrected chi connectivity index (χ0v) is 31.0. The average Bonchev–Trinajstić information content (AvgIpc) is 3.39. The van der Waals surface area contributed by atoms with Crippen molar-refractivity contribution < 1.29 is 30.0 Å². The van der Waals surface area contributed by atoms with Crippen molar-refractivity contribution in [2.75, 3.05) is 0 Å². The average molecular weight is 813 g/mol. The number of thiophene rings is 1. The summed E-state index contributed by atoms with van der Waals surface area (Å²) < 4.78 is 47.4. The first kappa shape index (κ1) is 29.4. The molecule has 1 radical (unpaired) electrons. The molecule has 0 unspecified atom stereocenters. The molecule has 0 bridgehead atoms. The Bertz CT molecular complexity index is 2080. The summed E-state index contributed by atoms with van der Waals surface area (Å²) in [5, 5.41) is 3.81. The van der Waals surface area contributed by atoms with Gasteiger partial charge in [-0.2, -0.15) is 11.3 Å². The van der Waals surface area contributed by atoms with Gasteiger partial charge < -0.3 is 9.97 Å².